The molecule has 0 aromatic heterocycles. The predicted octanol–water partition coefficient (Wildman–Crippen LogP) is 14.2. The second kappa shape index (κ2) is 34.3. The van der Waals surface area contributed by atoms with Crippen molar-refractivity contribution in [2.24, 2.45) is 0 Å². The Morgan fingerprint density at radius 1 is 0.660 bits per heavy atom. The number of halogens is 8. The number of hydrogen-bond donors (Lipinski definition) is 2. The lowest BCUT2D eigenvalue weighted by Gasteiger charge is -2.44. The van der Waals surface area contributed by atoms with Crippen LogP contribution < -0.4 is 10.6 Å². The van der Waals surface area contributed by atoms with Crippen LogP contribution in [0.3, 0.4) is 0 Å². The van der Waals surface area contributed by atoms with Crippen molar-refractivity contribution in [3.8, 4) is 11.1 Å². The van der Waals surface area contributed by atoms with Crippen LogP contribution in [-0.4, -0.2) is 178 Å². The van der Waals surface area contributed by atoms with Gasteiger partial charge in [0.15, 0.2) is 0 Å². The summed E-state index contributed by atoms with van der Waals surface area (Å²) in [6, 6.07) is 36.7. The van der Waals surface area contributed by atoms with E-state index < -0.39 is 58.3 Å². The van der Waals surface area contributed by atoms with Gasteiger partial charge in [-0.1, -0.05) is 98.3 Å². The first-order valence-corrected chi connectivity index (χ1v) is 34.3. The van der Waals surface area contributed by atoms with Crippen molar-refractivity contribution >= 4 is 41.1 Å². The first kappa shape index (κ1) is 75.7. The Morgan fingerprint density at radius 3 is 1.98 bits per heavy atom. The number of hydrogen-bond acceptors (Lipinski definition) is 11. The van der Waals surface area contributed by atoms with Crippen LogP contribution in [0.5, 0.6) is 0 Å². The van der Waals surface area contributed by atoms with Gasteiger partial charge in [-0.2, -0.15) is 26.3 Å². The number of alkyl halides is 6. The Labute approximate surface area is 579 Å². The Morgan fingerprint density at radius 2 is 1.31 bits per heavy atom. The van der Waals surface area contributed by atoms with Gasteiger partial charge < -0.3 is 48.9 Å². The molecule has 6 aromatic rings. The summed E-state index contributed by atoms with van der Waals surface area (Å²) in [5, 5.41) is 6.01. The van der Waals surface area contributed by atoms with Crippen molar-refractivity contribution in [1.29, 1.82) is 0 Å². The highest BCUT2D eigenvalue weighted by Gasteiger charge is 2.50. The normalized spacial score (nSPS) is 17.8. The largest absolute Gasteiger partial charge is 0.446 e. The Kier molecular flexibility index (Phi) is 26.0. The monoisotopic (exact) mass is 1390 g/mol. The standard InChI is InChI=1S/C39H42F7N3O4.C37H48FN5O4/c1-3-15-47(2)34(50)23-52-33-21-26-6-4-5-7-32(26)36(33)12-16-48(17-13-36)18-14-37(28-8-10-31(40)11-9-28)24-49(25-53-37)35(51)27-19-29(38(41,42)43)22-30(20-27)39(44,45)46;1-4-41(2)36(45)29-18-19-34(32(38)27-29)39-22-12-6-9-17-35(44)42(3)25-26-43-23-20-30(21-24-43)47-37(46)40-33-16-11-10-15-31(33)28-13-7-5-8-14-28/h4-11,19-20,22,33H,3,12-18,21,23-25H2,1-2H3;5,7-8,10-11,13-16,18-19,27,30,39H,4,6,9,12,17,20-26H2,1-3H3,(H,40,46)/t33-,37-;/m0./s1. The third-order valence-electron chi connectivity index (χ3n) is 19.6. The van der Waals surface area contributed by atoms with E-state index in [0.717, 1.165) is 92.7 Å². The van der Waals surface area contributed by atoms with E-state index in [-0.39, 0.29) is 61.3 Å². The number of fused-ring (bicyclic) bond motifs is 2. The van der Waals surface area contributed by atoms with Gasteiger partial charge >= 0.3 is 18.4 Å². The Bertz CT molecular complexity index is 3700. The summed E-state index contributed by atoms with van der Waals surface area (Å²) in [7, 11) is 5.30. The quantitative estimate of drug-likeness (QED) is 0.0415. The second-order valence-electron chi connectivity index (χ2n) is 26.3. The highest BCUT2D eigenvalue weighted by atomic mass is 19.4. The fraction of sp³-hybridized carbons (Fsp3) is 0.461. The van der Waals surface area contributed by atoms with E-state index in [1.165, 1.54) is 46.4 Å². The van der Waals surface area contributed by atoms with E-state index in [2.05, 4.69) is 32.6 Å². The number of nitrogens with zero attached hydrogens (tertiary/aromatic N) is 6. The highest BCUT2D eigenvalue weighted by molar-refractivity contribution is 5.95. The molecule has 538 valence electrons. The first-order chi connectivity index (χ1) is 47.8. The molecule has 1 aliphatic carbocycles. The number of benzene rings is 6. The van der Waals surface area contributed by atoms with Gasteiger partial charge in [-0.3, -0.25) is 24.5 Å². The average molecular weight is 1400 g/mol. The van der Waals surface area contributed by atoms with Gasteiger partial charge in [0.25, 0.3) is 11.8 Å². The number of unbranched alkanes of at least 4 members (excludes halogenated alkanes) is 2. The molecule has 1 spiro atoms. The van der Waals surface area contributed by atoms with Crippen LogP contribution in [0.25, 0.3) is 11.1 Å². The minimum atomic E-state index is -5.11. The van der Waals surface area contributed by atoms with Gasteiger partial charge in [-0.25, -0.2) is 13.6 Å². The molecule has 3 fully saturated rings. The second-order valence-corrected chi connectivity index (χ2v) is 26.3. The van der Waals surface area contributed by atoms with Gasteiger partial charge in [0.05, 0.1) is 35.2 Å². The Hall–Kier alpha value is -8.45. The number of carbonyl (C=O) groups is 5. The minimum Gasteiger partial charge on any atom is -0.446 e. The molecule has 3 saturated heterocycles. The van der Waals surface area contributed by atoms with Crippen molar-refractivity contribution in [3.05, 3.63) is 190 Å². The van der Waals surface area contributed by atoms with E-state index in [4.69, 9.17) is 14.2 Å². The molecule has 3 aliphatic heterocycles. The lowest BCUT2D eigenvalue weighted by atomic mass is 9.72. The number of para-hydroxylation sites is 1. The number of rotatable bonds is 25. The van der Waals surface area contributed by atoms with E-state index in [0.29, 0.717) is 94.0 Å². The summed E-state index contributed by atoms with van der Waals surface area (Å²) < 4.78 is 128. The minimum absolute atomic E-state index is 0.00855. The lowest BCUT2D eigenvalue weighted by molar-refractivity contribution is -0.143. The molecule has 0 saturated carbocycles. The van der Waals surface area contributed by atoms with Gasteiger partial charge in [0.1, 0.15) is 36.7 Å². The molecular formula is C76H90F8N8O8. The van der Waals surface area contributed by atoms with Crippen LogP contribution >= 0.6 is 0 Å². The fourth-order valence-electron chi connectivity index (χ4n) is 13.6. The molecule has 100 heavy (non-hydrogen) atoms. The molecule has 0 bridgehead atoms. The molecule has 0 unspecified atom stereocenters. The molecule has 4 aliphatic rings. The Balaban J connectivity index is 0.000000235. The summed E-state index contributed by atoms with van der Waals surface area (Å²) in [5.41, 5.74) is 0.909. The van der Waals surface area contributed by atoms with Crippen LogP contribution in [0, 0.1) is 11.6 Å². The molecule has 24 heteroatoms. The third kappa shape index (κ3) is 19.5. The van der Waals surface area contributed by atoms with Crippen LogP contribution in [0.15, 0.2) is 140 Å². The van der Waals surface area contributed by atoms with Gasteiger partial charge in [0, 0.05) is 102 Å². The summed E-state index contributed by atoms with van der Waals surface area (Å²) in [4.78, 5) is 74.5. The molecule has 16 nitrogen and oxygen atoms in total. The number of carbonyl (C=O) groups excluding carboxylic acids is 5. The molecule has 10 rings (SSSR count). The van der Waals surface area contributed by atoms with Crippen LogP contribution in [0.4, 0.5) is 51.3 Å². The van der Waals surface area contributed by atoms with Crippen molar-refractivity contribution in [1.82, 2.24) is 29.4 Å². The van der Waals surface area contributed by atoms with Crippen LogP contribution in [-0.2, 0) is 53.6 Å². The fourth-order valence-corrected chi connectivity index (χ4v) is 13.6. The predicted molar refractivity (Wildman–Crippen MR) is 366 cm³/mol. The molecule has 6 aromatic carbocycles. The van der Waals surface area contributed by atoms with E-state index >= 15 is 0 Å². The molecule has 2 atom stereocenters. The summed E-state index contributed by atoms with van der Waals surface area (Å²) >= 11 is 0. The molecule has 5 amide bonds. The maximum atomic E-state index is 14.5. The number of ether oxygens (including phenoxy) is 3. The van der Waals surface area contributed by atoms with E-state index in [1.54, 1.807) is 36.0 Å². The number of nitrogens with one attached hydrogen (secondary N) is 2. The van der Waals surface area contributed by atoms with Crippen molar-refractivity contribution in [2.75, 3.05) is 117 Å². The molecule has 3 heterocycles. The van der Waals surface area contributed by atoms with Gasteiger partial charge in [0.2, 0.25) is 11.8 Å². The summed E-state index contributed by atoms with van der Waals surface area (Å²) in [5.74, 6) is -2.15. The molecule has 2 N–H and O–H groups in total. The average Bonchev–Trinajstić information content (AvgIpc) is 1.58. The van der Waals surface area contributed by atoms with Gasteiger partial charge in [-0.05, 0) is 155 Å². The van der Waals surface area contributed by atoms with Crippen LogP contribution in [0.2, 0.25) is 0 Å². The molecular weight excluding hydrogens is 1300 g/mol. The first-order valence-electron chi connectivity index (χ1n) is 34.3. The lowest BCUT2D eigenvalue weighted by Crippen LogP contribution is -2.50. The topological polar surface area (TPSA) is 157 Å². The summed E-state index contributed by atoms with van der Waals surface area (Å²) in [6.07, 6.45) is -3.23. The number of anilines is 2. The van der Waals surface area contributed by atoms with E-state index in [9.17, 15) is 59.1 Å². The van der Waals surface area contributed by atoms with Crippen molar-refractivity contribution < 1.29 is 73.3 Å². The van der Waals surface area contributed by atoms with Crippen LogP contribution in [0.1, 0.15) is 127 Å². The SMILES string of the molecule is CCCN(C)C(=O)CO[C@H]1Cc2ccccc2C12CCN(CC[C@@]1(c3ccc(F)cc3)CN(C(=O)c3cc(C(F)(F)F)cc(C(F)(F)F)c3)CO1)CC2.CCN(C)C(=O)c1ccc(NCCCCCC(=O)N(C)CCN2CCC(OC(=O)Nc3ccccc3-c3ccccc3)CC2)c(F)c1. The maximum Gasteiger partial charge on any atom is 0.416 e. The number of piperidine rings is 2. The maximum absolute atomic E-state index is 14.5. The smallest absolute Gasteiger partial charge is 0.416 e. The third-order valence-corrected chi connectivity index (χ3v) is 19.6. The zero-order valence-corrected chi connectivity index (χ0v) is 57.4. The molecule has 0 radical (unpaired) electrons. The van der Waals surface area contributed by atoms with Gasteiger partial charge in [-0.15, -0.1) is 0 Å². The summed E-state index contributed by atoms with van der Waals surface area (Å²) in [6.45, 7) is 9.96. The van der Waals surface area contributed by atoms with Crippen molar-refractivity contribution in [3.63, 3.8) is 0 Å². The number of likely N-dealkylation sites (N-methyl/N-ethyl adjacent to an activating group) is 2. The highest BCUT2D eigenvalue weighted by Crippen LogP contribution is 2.49. The van der Waals surface area contributed by atoms with Crippen molar-refractivity contribution in [2.45, 2.75) is 120 Å². The zero-order valence-electron chi connectivity index (χ0n) is 57.4. The number of likely N-dealkylation sites (tertiary alicyclic amines) is 2. The van der Waals surface area contributed by atoms with E-state index in [1.807, 2.05) is 87.6 Å². The number of amides is 5. The zero-order chi connectivity index (χ0) is 71.8.